The summed E-state index contributed by atoms with van der Waals surface area (Å²) in [5.41, 5.74) is 0. The molecule has 96 valence electrons. The molecule has 1 saturated carbocycles. The molecule has 1 unspecified atom stereocenters. The smallest absolute Gasteiger partial charge is 0.168 e. The zero-order valence-electron chi connectivity index (χ0n) is 10.5. The molecule has 0 aromatic heterocycles. The summed E-state index contributed by atoms with van der Waals surface area (Å²) < 4.78 is 11.5. The van der Waals surface area contributed by atoms with E-state index in [1.54, 1.807) is 0 Å². The van der Waals surface area contributed by atoms with Crippen molar-refractivity contribution in [2.45, 2.75) is 62.8 Å². The normalized spacial score (nSPS) is 33.3. The molecule has 17 heavy (non-hydrogen) atoms. The predicted molar refractivity (Wildman–Crippen MR) is 66.8 cm³/mol. The van der Waals surface area contributed by atoms with E-state index in [0.717, 1.165) is 26.1 Å². The van der Waals surface area contributed by atoms with E-state index < -0.39 is 0 Å². The van der Waals surface area contributed by atoms with Crippen LogP contribution in [0.3, 0.4) is 0 Å². The van der Waals surface area contributed by atoms with Crippen LogP contribution < -0.4 is 5.32 Å². The summed E-state index contributed by atoms with van der Waals surface area (Å²) in [5, 5.41) is 3.80. The van der Waals surface area contributed by atoms with Crippen molar-refractivity contribution in [3.63, 3.8) is 0 Å². The molecule has 0 amide bonds. The fourth-order valence-electron chi connectivity index (χ4n) is 3.29. The van der Waals surface area contributed by atoms with Gasteiger partial charge in [-0.05, 0) is 32.1 Å². The van der Waals surface area contributed by atoms with Gasteiger partial charge in [-0.15, -0.1) is 0 Å². The molecule has 3 heteroatoms. The Bertz CT molecular complexity index is 274. The first-order valence-corrected chi connectivity index (χ1v) is 7.05. The summed E-state index contributed by atoms with van der Waals surface area (Å²) in [6.07, 6.45) is 12.9. The highest BCUT2D eigenvalue weighted by molar-refractivity contribution is 4.95. The minimum atomic E-state index is -0.204. The maximum absolute atomic E-state index is 5.76. The van der Waals surface area contributed by atoms with Crippen molar-refractivity contribution in [3.05, 3.63) is 12.2 Å². The maximum Gasteiger partial charge on any atom is 0.168 e. The van der Waals surface area contributed by atoms with E-state index in [9.17, 15) is 0 Å². The van der Waals surface area contributed by atoms with Crippen molar-refractivity contribution >= 4 is 0 Å². The molecule has 0 aromatic carbocycles. The number of allylic oxidation sites excluding steroid dienone is 1. The lowest BCUT2D eigenvalue weighted by Crippen LogP contribution is -2.45. The summed E-state index contributed by atoms with van der Waals surface area (Å²) in [7, 11) is 0. The Hall–Kier alpha value is -0.380. The standard InChI is InChI=1S/C14H23NO2/c1-2-4-12(5-3-1)15-13-6-8-14(9-7-13)16-10-11-17-14/h1-2,12-13,15H,3-11H2. The second-order valence-electron chi connectivity index (χ2n) is 5.53. The Kier molecular flexibility index (Phi) is 3.50. The third-order valence-corrected chi connectivity index (χ3v) is 4.30. The predicted octanol–water partition coefficient (Wildman–Crippen LogP) is 2.37. The van der Waals surface area contributed by atoms with Crippen molar-refractivity contribution in [1.29, 1.82) is 0 Å². The molecule has 1 N–H and O–H groups in total. The van der Waals surface area contributed by atoms with Crippen molar-refractivity contribution in [2.24, 2.45) is 0 Å². The molecule has 1 spiro atoms. The number of hydrogen-bond donors (Lipinski definition) is 1. The molecule has 0 bridgehead atoms. The average Bonchev–Trinajstić information content (AvgIpc) is 2.83. The molecule has 0 aromatic rings. The molecule has 2 aliphatic carbocycles. The summed E-state index contributed by atoms with van der Waals surface area (Å²) in [5.74, 6) is -0.204. The van der Waals surface area contributed by atoms with E-state index in [2.05, 4.69) is 17.5 Å². The van der Waals surface area contributed by atoms with Gasteiger partial charge in [0.15, 0.2) is 5.79 Å². The van der Waals surface area contributed by atoms with E-state index in [1.807, 2.05) is 0 Å². The van der Waals surface area contributed by atoms with Gasteiger partial charge in [0.05, 0.1) is 13.2 Å². The van der Waals surface area contributed by atoms with Crippen molar-refractivity contribution in [2.75, 3.05) is 13.2 Å². The topological polar surface area (TPSA) is 30.5 Å². The van der Waals surface area contributed by atoms with Crippen LogP contribution in [0.4, 0.5) is 0 Å². The number of nitrogens with one attached hydrogen (secondary N) is 1. The highest BCUT2D eigenvalue weighted by Crippen LogP contribution is 2.36. The molecule has 3 aliphatic rings. The fraction of sp³-hybridized carbons (Fsp3) is 0.857. The number of ether oxygens (including phenoxy) is 2. The van der Waals surface area contributed by atoms with Gasteiger partial charge >= 0.3 is 0 Å². The lowest BCUT2D eigenvalue weighted by atomic mass is 9.88. The Morgan fingerprint density at radius 3 is 2.35 bits per heavy atom. The minimum Gasteiger partial charge on any atom is -0.348 e. The summed E-state index contributed by atoms with van der Waals surface area (Å²) in [6.45, 7) is 1.57. The van der Waals surface area contributed by atoms with Gasteiger partial charge in [-0.25, -0.2) is 0 Å². The zero-order valence-corrected chi connectivity index (χ0v) is 10.5. The lowest BCUT2D eigenvalue weighted by molar-refractivity contribution is -0.179. The molecular weight excluding hydrogens is 214 g/mol. The third-order valence-electron chi connectivity index (χ3n) is 4.30. The second-order valence-corrected chi connectivity index (χ2v) is 5.53. The molecule has 0 radical (unpaired) electrons. The van der Waals surface area contributed by atoms with Crippen molar-refractivity contribution in [3.8, 4) is 0 Å². The third kappa shape index (κ3) is 2.72. The fourth-order valence-corrected chi connectivity index (χ4v) is 3.29. The Labute approximate surface area is 104 Å². The van der Waals surface area contributed by atoms with Crippen LogP contribution in [0.5, 0.6) is 0 Å². The molecular formula is C14H23NO2. The molecule has 1 atom stereocenters. The van der Waals surface area contributed by atoms with Crippen LogP contribution in [-0.2, 0) is 9.47 Å². The summed E-state index contributed by atoms with van der Waals surface area (Å²) >= 11 is 0. The van der Waals surface area contributed by atoms with Crippen LogP contribution in [0.2, 0.25) is 0 Å². The SMILES string of the molecule is C1=CCC(NC2CCC3(CC2)OCCO3)CC1. The quantitative estimate of drug-likeness (QED) is 0.748. The van der Waals surface area contributed by atoms with Crippen LogP contribution in [0.1, 0.15) is 44.9 Å². The van der Waals surface area contributed by atoms with Crippen LogP contribution in [-0.4, -0.2) is 31.1 Å². The van der Waals surface area contributed by atoms with Crippen molar-refractivity contribution < 1.29 is 9.47 Å². The van der Waals surface area contributed by atoms with Gasteiger partial charge in [0.25, 0.3) is 0 Å². The van der Waals surface area contributed by atoms with Crippen LogP contribution >= 0.6 is 0 Å². The summed E-state index contributed by atoms with van der Waals surface area (Å²) in [6, 6.07) is 1.37. The second kappa shape index (κ2) is 5.09. The Morgan fingerprint density at radius 1 is 0.941 bits per heavy atom. The number of rotatable bonds is 2. The Balaban J connectivity index is 1.46. The molecule has 1 saturated heterocycles. The average molecular weight is 237 g/mol. The maximum atomic E-state index is 5.76. The van der Waals surface area contributed by atoms with E-state index in [0.29, 0.717) is 12.1 Å². The van der Waals surface area contributed by atoms with Gasteiger partial charge in [0.1, 0.15) is 0 Å². The number of hydrogen-bond acceptors (Lipinski definition) is 3. The molecule has 1 aliphatic heterocycles. The minimum absolute atomic E-state index is 0.204. The first-order valence-electron chi connectivity index (χ1n) is 7.05. The summed E-state index contributed by atoms with van der Waals surface area (Å²) in [4.78, 5) is 0. The van der Waals surface area contributed by atoms with Crippen LogP contribution in [0.25, 0.3) is 0 Å². The molecule has 3 rings (SSSR count). The van der Waals surface area contributed by atoms with Gasteiger partial charge in [-0.1, -0.05) is 12.2 Å². The zero-order chi connectivity index (χ0) is 11.6. The lowest BCUT2D eigenvalue weighted by Gasteiger charge is -2.37. The monoisotopic (exact) mass is 237 g/mol. The highest BCUT2D eigenvalue weighted by Gasteiger charge is 2.40. The molecule has 2 fully saturated rings. The van der Waals surface area contributed by atoms with E-state index >= 15 is 0 Å². The van der Waals surface area contributed by atoms with Gasteiger partial charge in [-0.3, -0.25) is 0 Å². The van der Waals surface area contributed by atoms with Gasteiger partial charge in [-0.2, -0.15) is 0 Å². The van der Waals surface area contributed by atoms with Crippen LogP contribution in [0.15, 0.2) is 12.2 Å². The van der Waals surface area contributed by atoms with Gasteiger partial charge in [0, 0.05) is 24.9 Å². The van der Waals surface area contributed by atoms with Gasteiger partial charge < -0.3 is 14.8 Å². The highest BCUT2D eigenvalue weighted by atomic mass is 16.7. The first-order chi connectivity index (χ1) is 8.36. The van der Waals surface area contributed by atoms with E-state index in [4.69, 9.17) is 9.47 Å². The molecule has 3 nitrogen and oxygen atoms in total. The van der Waals surface area contributed by atoms with E-state index in [-0.39, 0.29) is 5.79 Å². The molecule has 1 heterocycles. The Morgan fingerprint density at radius 2 is 1.71 bits per heavy atom. The van der Waals surface area contributed by atoms with E-state index in [1.165, 1.54) is 32.1 Å². The van der Waals surface area contributed by atoms with Crippen LogP contribution in [0, 0.1) is 0 Å². The van der Waals surface area contributed by atoms with Gasteiger partial charge in [0.2, 0.25) is 0 Å². The first kappa shape index (κ1) is 11.7. The largest absolute Gasteiger partial charge is 0.348 e. The van der Waals surface area contributed by atoms with Crippen molar-refractivity contribution in [1.82, 2.24) is 5.32 Å².